The maximum Gasteiger partial charge on any atom is 0.399 e. The minimum Gasteiger partial charge on any atom is -0.266 e. The van der Waals surface area contributed by atoms with Crippen LogP contribution in [0.3, 0.4) is 0 Å². The summed E-state index contributed by atoms with van der Waals surface area (Å²) < 4.78 is 63.7. The first-order chi connectivity index (χ1) is 9.21. The average molecular weight is 309 g/mol. The molecule has 0 saturated heterocycles. The number of benzene rings is 1. The fourth-order valence-electron chi connectivity index (χ4n) is 1.45. The van der Waals surface area contributed by atoms with Gasteiger partial charge in [0.25, 0.3) is 11.8 Å². The number of hydrogen-bond acceptors (Lipinski definition) is 5. The maximum atomic E-state index is 12.8. The van der Waals surface area contributed by atoms with E-state index in [-0.39, 0.29) is 16.2 Å². The van der Waals surface area contributed by atoms with E-state index in [9.17, 15) is 31.2 Å². The summed E-state index contributed by atoms with van der Waals surface area (Å²) in [7, 11) is -5.80. The number of alkyl halides is 3. The van der Waals surface area contributed by atoms with Crippen molar-refractivity contribution in [1.29, 1.82) is 0 Å². The van der Waals surface area contributed by atoms with Gasteiger partial charge in [-0.15, -0.1) is 9.35 Å². The van der Waals surface area contributed by atoms with Crippen molar-refractivity contribution >= 4 is 21.9 Å². The van der Waals surface area contributed by atoms with Crippen LogP contribution in [0.5, 0.6) is 0 Å². The predicted octanol–water partition coefficient (Wildman–Crippen LogP) is 1.11. The third-order valence-corrected chi connectivity index (χ3v) is 3.64. The SMILES string of the molecule is O=C1c2ccccc2C(=O)N1OS(=O)(=O)C(F)(F)CF. The molecule has 108 valence electrons. The minimum absolute atomic E-state index is 0.198. The lowest BCUT2D eigenvalue weighted by Crippen LogP contribution is -2.40. The molecule has 1 aliphatic rings. The second kappa shape index (κ2) is 4.56. The van der Waals surface area contributed by atoms with Crippen LogP contribution in [-0.4, -0.2) is 37.2 Å². The first kappa shape index (κ1) is 14.5. The third-order valence-electron chi connectivity index (χ3n) is 2.45. The van der Waals surface area contributed by atoms with Crippen LogP contribution < -0.4 is 0 Å². The zero-order valence-electron chi connectivity index (χ0n) is 9.55. The van der Waals surface area contributed by atoms with Gasteiger partial charge in [-0.05, 0) is 12.1 Å². The van der Waals surface area contributed by atoms with Gasteiger partial charge in [0.05, 0.1) is 11.1 Å². The van der Waals surface area contributed by atoms with Gasteiger partial charge in [-0.25, -0.2) is 4.39 Å². The second-order valence-corrected chi connectivity index (χ2v) is 5.40. The normalized spacial score (nSPS) is 15.7. The summed E-state index contributed by atoms with van der Waals surface area (Å²) in [4.78, 5) is 23.4. The van der Waals surface area contributed by atoms with E-state index in [1.54, 1.807) is 0 Å². The lowest BCUT2D eigenvalue weighted by Gasteiger charge is -2.17. The summed E-state index contributed by atoms with van der Waals surface area (Å²) in [6.07, 6.45) is 0. The molecule has 0 aliphatic carbocycles. The van der Waals surface area contributed by atoms with Gasteiger partial charge in [0, 0.05) is 0 Å². The van der Waals surface area contributed by atoms with Crippen molar-refractivity contribution in [2.24, 2.45) is 0 Å². The van der Waals surface area contributed by atoms with Gasteiger partial charge in [0.15, 0.2) is 6.67 Å². The molecule has 0 spiro atoms. The molecule has 0 unspecified atom stereocenters. The highest BCUT2D eigenvalue weighted by atomic mass is 32.2. The number of imide groups is 1. The molecule has 0 radical (unpaired) electrons. The molecule has 2 rings (SSSR count). The third kappa shape index (κ3) is 2.06. The minimum atomic E-state index is -5.80. The number of amides is 2. The smallest absolute Gasteiger partial charge is 0.266 e. The Morgan fingerprint density at radius 3 is 1.95 bits per heavy atom. The van der Waals surface area contributed by atoms with Crippen LogP contribution in [0.1, 0.15) is 20.7 Å². The molecule has 0 N–H and O–H groups in total. The summed E-state index contributed by atoms with van der Waals surface area (Å²) >= 11 is 0. The maximum absolute atomic E-state index is 12.8. The van der Waals surface area contributed by atoms with Crippen LogP contribution in [0.4, 0.5) is 13.2 Å². The van der Waals surface area contributed by atoms with Gasteiger partial charge < -0.3 is 0 Å². The summed E-state index contributed by atoms with van der Waals surface area (Å²) in [6, 6.07) is 5.16. The Hall–Kier alpha value is -1.94. The summed E-state index contributed by atoms with van der Waals surface area (Å²) in [5.74, 6) is -2.44. The Balaban J connectivity index is 2.35. The summed E-state index contributed by atoms with van der Waals surface area (Å²) in [5, 5.41) is -5.19. The summed E-state index contributed by atoms with van der Waals surface area (Å²) in [5.41, 5.74) is -0.396. The molecule has 6 nitrogen and oxygen atoms in total. The number of rotatable bonds is 4. The Bertz CT molecular complexity index is 653. The van der Waals surface area contributed by atoms with Crippen LogP contribution in [0, 0.1) is 0 Å². The lowest BCUT2D eigenvalue weighted by molar-refractivity contribution is -0.0281. The van der Waals surface area contributed by atoms with E-state index in [1.807, 2.05) is 0 Å². The van der Waals surface area contributed by atoms with Gasteiger partial charge in [0.2, 0.25) is 0 Å². The molecule has 1 heterocycles. The van der Waals surface area contributed by atoms with E-state index >= 15 is 0 Å². The first-order valence-electron chi connectivity index (χ1n) is 5.07. The fraction of sp³-hybridized carbons (Fsp3) is 0.200. The number of carbonyl (C=O) groups excluding carboxylic acids is 2. The van der Waals surface area contributed by atoms with E-state index in [0.717, 1.165) is 0 Å². The number of hydroxylamine groups is 2. The number of halogens is 3. The van der Waals surface area contributed by atoms with Crippen LogP contribution in [0.15, 0.2) is 24.3 Å². The standard InChI is InChI=1S/C10H6F3NO5S/c11-5-10(12,13)20(17,18)19-14-8(15)6-3-1-2-4-7(6)9(14)16/h1-4H,5H2. The topological polar surface area (TPSA) is 80.8 Å². The molecule has 0 saturated carbocycles. The average Bonchev–Trinajstić information content (AvgIpc) is 2.64. The largest absolute Gasteiger partial charge is 0.399 e. The molecule has 1 aliphatic heterocycles. The van der Waals surface area contributed by atoms with E-state index in [4.69, 9.17) is 0 Å². The lowest BCUT2D eigenvalue weighted by atomic mass is 10.1. The highest BCUT2D eigenvalue weighted by Crippen LogP contribution is 2.29. The van der Waals surface area contributed by atoms with Gasteiger partial charge >= 0.3 is 15.4 Å². The van der Waals surface area contributed by atoms with Crippen molar-refractivity contribution in [2.45, 2.75) is 5.25 Å². The van der Waals surface area contributed by atoms with Crippen molar-refractivity contribution in [1.82, 2.24) is 5.06 Å². The Kier molecular flexibility index (Phi) is 3.30. The van der Waals surface area contributed by atoms with Crippen molar-refractivity contribution in [3.63, 3.8) is 0 Å². The molecule has 1 aromatic rings. The number of fused-ring (bicyclic) bond motifs is 1. The highest BCUT2D eigenvalue weighted by molar-refractivity contribution is 7.87. The van der Waals surface area contributed by atoms with Gasteiger partial charge in [-0.2, -0.15) is 17.2 Å². The number of nitrogens with zero attached hydrogens (tertiary/aromatic N) is 1. The molecule has 2 amide bonds. The zero-order chi connectivity index (χ0) is 15.1. The van der Waals surface area contributed by atoms with Gasteiger partial charge in [0.1, 0.15) is 0 Å². The second-order valence-electron chi connectivity index (χ2n) is 3.75. The zero-order valence-corrected chi connectivity index (χ0v) is 10.4. The molecule has 0 fully saturated rings. The number of carbonyl (C=O) groups is 2. The Morgan fingerprint density at radius 2 is 1.55 bits per heavy atom. The van der Waals surface area contributed by atoms with Gasteiger partial charge in [-0.1, -0.05) is 12.1 Å². The number of hydrogen-bond donors (Lipinski definition) is 0. The molecule has 0 bridgehead atoms. The van der Waals surface area contributed by atoms with Crippen LogP contribution in [-0.2, 0) is 14.4 Å². The van der Waals surface area contributed by atoms with Crippen LogP contribution in [0.25, 0.3) is 0 Å². The first-order valence-corrected chi connectivity index (χ1v) is 6.48. The Labute approximate surface area is 110 Å². The van der Waals surface area contributed by atoms with Crippen molar-refractivity contribution in [3.05, 3.63) is 35.4 Å². The molecule has 1 aromatic carbocycles. The molecular weight excluding hydrogens is 303 g/mol. The summed E-state index contributed by atoms with van der Waals surface area (Å²) in [6.45, 7) is -2.54. The molecule has 0 aromatic heterocycles. The van der Waals surface area contributed by atoms with E-state index in [2.05, 4.69) is 4.28 Å². The van der Waals surface area contributed by atoms with Crippen molar-refractivity contribution in [2.75, 3.05) is 6.67 Å². The van der Waals surface area contributed by atoms with Crippen LogP contribution in [0.2, 0.25) is 0 Å². The van der Waals surface area contributed by atoms with E-state index in [0.29, 0.717) is 0 Å². The molecule has 0 atom stereocenters. The van der Waals surface area contributed by atoms with Crippen molar-refractivity contribution in [3.8, 4) is 0 Å². The molecule has 10 heteroatoms. The van der Waals surface area contributed by atoms with Crippen LogP contribution >= 0.6 is 0 Å². The predicted molar refractivity (Wildman–Crippen MR) is 57.9 cm³/mol. The quantitative estimate of drug-likeness (QED) is 0.778. The van der Waals surface area contributed by atoms with E-state index < -0.39 is 33.9 Å². The van der Waals surface area contributed by atoms with E-state index in [1.165, 1.54) is 24.3 Å². The monoisotopic (exact) mass is 309 g/mol. The van der Waals surface area contributed by atoms with Gasteiger partial charge in [-0.3, -0.25) is 9.59 Å². The fourth-order valence-corrected chi connectivity index (χ4v) is 2.03. The Morgan fingerprint density at radius 1 is 1.10 bits per heavy atom. The molecular formula is C10H6F3NO5S. The van der Waals surface area contributed by atoms with Crippen molar-refractivity contribution < 1.29 is 35.5 Å². The highest BCUT2D eigenvalue weighted by Gasteiger charge is 2.51. The molecule has 20 heavy (non-hydrogen) atoms.